The second-order valence-corrected chi connectivity index (χ2v) is 20.4. The van der Waals surface area contributed by atoms with E-state index in [0.29, 0.717) is 47.1 Å². The van der Waals surface area contributed by atoms with Crippen LogP contribution >= 0.6 is 0 Å². The van der Waals surface area contributed by atoms with Crippen LogP contribution in [0.1, 0.15) is 101 Å². The first-order valence-corrected chi connectivity index (χ1v) is 23.6. The zero-order valence-electron chi connectivity index (χ0n) is 38.7. The molecular formula is C51H54N10O7. The Balaban J connectivity index is 0.756. The molecule has 2 aromatic carbocycles. The van der Waals surface area contributed by atoms with Crippen LogP contribution in [0.25, 0.3) is 11.3 Å². The van der Waals surface area contributed by atoms with Crippen LogP contribution in [0.5, 0.6) is 0 Å². The van der Waals surface area contributed by atoms with Crippen molar-refractivity contribution in [3.63, 3.8) is 0 Å². The molecule has 350 valence electrons. The van der Waals surface area contributed by atoms with Gasteiger partial charge in [-0.25, -0.2) is 9.97 Å². The number of amides is 5. The Bertz CT molecular complexity index is 3050. The summed E-state index contributed by atoms with van der Waals surface area (Å²) in [5, 5.41) is 16.3. The van der Waals surface area contributed by atoms with Crippen LogP contribution in [0.4, 0.5) is 28.7 Å². The van der Waals surface area contributed by atoms with E-state index < -0.39 is 29.7 Å². The molecule has 3 N–H and O–H groups in total. The summed E-state index contributed by atoms with van der Waals surface area (Å²) in [4.78, 5) is 95.3. The largest absolute Gasteiger partial charge is 0.392 e. The number of aliphatic hydroxyl groups excluding tert-OH is 1. The van der Waals surface area contributed by atoms with E-state index in [0.717, 1.165) is 68.0 Å². The van der Waals surface area contributed by atoms with Crippen LogP contribution in [0, 0.1) is 10.8 Å². The van der Waals surface area contributed by atoms with E-state index in [1.807, 2.05) is 36.4 Å². The second kappa shape index (κ2) is 16.0. The Labute approximate surface area is 392 Å². The number of fused-ring (bicyclic) bond motifs is 4. The van der Waals surface area contributed by atoms with Gasteiger partial charge in [-0.05, 0) is 116 Å². The van der Waals surface area contributed by atoms with Crippen molar-refractivity contribution in [1.82, 2.24) is 29.3 Å². The highest BCUT2D eigenvalue weighted by Crippen LogP contribution is 2.46. The third kappa shape index (κ3) is 7.16. The predicted molar refractivity (Wildman–Crippen MR) is 254 cm³/mol. The van der Waals surface area contributed by atoms with Crippen molar-refractivity contribution in [2.24, 2.45) is 17.9 Å². The van der Waals surface area contributed by atoms with Crippen molar-refractivity contribution in [3.8, 4) is 11.3 Å². The number of aryl methyl sites for hydroxylation is 1. The fourth-order valence-electron chi connectivity index (χ4n) is 11.9. The molecule has 5 aromatic rings. The van der Waals surface area contributed by atoms with E-state index in [-0.39, 0.29) is 64.7 Å². The number of aromatic nitrogens is 4. The van der Waals surface area contributed by atoms with Crippen LogP contribution in [0.15, 0.2) is 71.8 Å². The minimum atomic E-state index is -1.00. The van der Waals surface area contributed by atoms with Gasteiger partial charge >= 0.3 is 0 Å². The van der Waals surface area contributed by atoms with Gasteiger partial charge in [0, 0.05) is 98.5 Å². The molecule has 11 rings (SSSR count). The molecule has 17 nitrogen and oxygen atoms in total. The molecule has 5 aliphatic heterocycles. The molecule has 0 radical (unpaired) electrons. The second-order valence-electron chi connectivity index (χ2n) is 20.4. The summed E-state index contributed by atoms with van der Waals surface area (Å²) < 4.78 is 3.61. The zero-order valence-corrected chi connectivity index (χ0v) is 38.7. The molecule has 1 spiro atoms. The van der Waals surface area contributed by atoms with E-state index in [9.17, 15) is 33.9 Å². The molecule has 1 unspecified atom stereocenters. The Morgan fingerprint density at radius 2 is 1.62 bits per heavy atom. The third-order valence-corrected chi connectivity index (χ3v) is 15.3. The molecule has 3 saturated heterocycles. The number of piperidine rings is 2. The van der Waals surface area contributed by atoms with Gasteiger partial charge in [-0.1, -0.05) is 13.8 Å². The van der Waals surface area contributed by atoms with Gasteiger partial charge in [-0.3, -0.25) is 43.9 Å². The van der Waals surface area contributed by atoms with Crippen LogP contribution < -0.4 is 30.9 Å². The van der Waals surface area contributed by atoms with Gasteiger partial charge in [0.2, 0.25) is 11.8 Å². The maximum absolute atomic E-state index is 14.0. The molecule has 3 fully saturated rings. The third-order valence-electron chi connectivity index (χ3n) is 15.3. The summed E-state index contributed by atoms with van der Waals surface area (Å²) in [5.41, 5.74) is 7.69. The van der Waals surface area contributed by atoms with Gasteiger partial charge < -0.3 is 29.4 Å². The molecule has 0 bridgehead atoms. The van der Waals surface area contributed by atoms with Gasteiger partial charge in [0.1, 0.15) is 17.6 Å². The summed E-state index contributed by atoms with van der Waals surface area (Å²) >= 11 is 0. The summed E-state index contributed by atoms with van der Waals surface area (Å²) in [6.45, 7) is 9.90. The first-order valence-electron chi connectivity index (χ1n) is 23.6. The number of benzene rings is 2. The molecule has 5 amide bonds. The summed E-state index contributed by atoms with van der Waals surface area (Å²) in [7, 11) is 1.66. The Morgan fingerprint density at radius 1 is 0.853 bits per heavy atom. The molecule has 1 aliphatic carbocycles. The number of hydrogen-bond acceptors (Lipinski definition) is 12. The number of imide groups is 2. The topological polar surface area (TPSA) is 195 Å². The van der Waals surface area contributed by atoms with Crippen molar-refractivity contribution in [1.29, 1.82) is 0 Å². The number of aliphatic hydroxyl groups is 1. The van der Waals surface area contributed by atoms with Crippen molar-refractivity contribution >= 4 is 58.2 Å². The summed E-state index contributed by atoms with van der Waals surface area (Å²) in [5.74, 6) is -1.69. The SMILES string of the molecule is C[C@H]1C[C@]2(CCN(c3ccc4c(c3)C(=O)N(C3CCC(=O)NC3=O)C4=O)C2)CCN1c1ccc(Nc2nc(-c3ccnc(N4CCn5c(cc6c5CC(C)(C)C6)C4=O)c3CO)cn(C)c2=O)cc1. The molecule has 3 atom stereocenters. The maximum atomic E-state index is 14.0. The van der Waals surface area contributed by atoms with Gasteiger partial charge in [0.05, 0.1) is 23.4 Å². The number of pyridine rings is 1. The number of nitrogens with zero attached hydrogens (tertiary/aromatic N) is 8. The van der Waals surface area contributed by atoms with Crippen molar-refractivity contribution in [2.75, 3.05) is 46.2 Å². The van der Waals surface area contributed by atoms with Crippen molar-refractivity contribution < 1.29 is 29.1 Å². The molecule has 8 heterocycles. The van der Waals surface area contributed by atoms with E-state index in [4.69, 9.17) is 4.98 Å². The molecular weight excluding hydrogens is 865 g/mol. The van der Waals surface area contributed by atoms with E-state index in [1.54, 1.807) is 42.5 Å². The number of nitrogens with one attached hydrogen (secondary N) is 2. The molecule has 6 aliphatic rings. The lowest BCUT2D eigenvalue weighted by Crippen LogP contribution is -2.54. The highest BCUT2D eigenvalue weighted by molar-refractivity contribution is 6.23. The molecule has 3 aromatic heterocycles. The average Bonchev–Trinajstić information content (AvgIpc) is 4.03. The lowest BCUT2D eigenvalue weighted by atomic mass is 9.75. The van der Waals surface area contributed by atoms with Gasteiger partial charge in [0.25, 0.3) is 23.3 Å². The van der Waals surface area contributed by atoms with Crippen LogP contribution in [0.2, 0.25) is 0 Å². The van der Waals surface area contributed by atoms with Crippen molar-refractivity contribution in [2.45, 2.75) is 91.0 Å². The van der Waals surface area contributed by atoms with Gasteiger partial charge in [-0.2, -0.15) is 0 Å². The Morgan fingerprint density at radius 3 is 2.38 bits per heavy atom. The molecule has 0 saturated carbocycles. The van der Waals surface area contributed by atoms with Crippen molar-refractivity contribution in [3.05, 3.63) is 111 Å². The van der Waals surface area contributed by atoms with Gasteiger partial charge in [0.15, 0.2) is 5.82 Å². The van der Waals surface area contributed by atoms with Crippen LogP contribution in [-0.4, -0.2) is 96.9 Å². The fourth-order valence-corrected chi connectivity index (χ4v) is 11.9. The Hall–Kier alpha value is -7.14. The van der Waals surface area contributed by atoms with E-state index >= 15 is 0 Å². The minimum absolute atomic E-state index is 0.0737. The molecule has 68 heavy (non-hydrogen) atoms. The van der Waals surface area contributed by atoms with E-state index in [2.05, 4.69) is 50.8 Å². The lowest BCUT2D eigenvalue weighted by molar-refractivity contribution is -0.136. The standard InChI is InChI=1S/C51H54N10O7/c1-29-23-51(14-17-57(28-51)33-9-10-35-36(22-33)47(66)61(46(35)65)39-11-12-42(63)55-45(39)64)15-18-58(29)32-7-5-31(6-8-32)53-43-49(68)56(4)26-38(54-43)34-13-16-52-44(37(34)27-62)60-20-19-59-40(48(60)67)21-30-24-50(2,3)25-41(30)59/h5-10,13,16,21-22,26,29,39,62H,11-12,14-15,17-20,23-25,27-28H2,1-4H3,(H,53,54)(H,55,63,64)/t29-,39?,51-/m0/s1. The number of anilines is 5. The zero-order chi connectivity index (χ0) is 47.4. The van der Waals surface area contributed by atoms with E-state index in [1.165, 1.54) is 15.8 Å². The van der Waals surface area contributed by atoms with Crippen LogP contribution in [0.3, 0.4) is 0 Å². The lowest BCUT2D eigenvalue weighted by Gasteiger charge is -2.45. The highest BCUT2D eigenvalue weighted by Gasteiger charge is 2.47. The highest BCUT2D eigenvalue weighted by atomic mass is 16.3. The van der Waals surface area contributed by atoms with Gasteiger partial charge in [-0.15, -0.1) is 0 Å². The maximum Gasteiger partial charge on any atom is 0.293 e. The normalized spacial score (nSPS) is 23.1. The van der Waals surface area contributed by atoms with Crippen LogP contribution in [-0.2, 0) is 42.6 Å². The molecule has 17 heteroatoms. The monoisotopic (exact) mass is 918 g/mol. The number of hydrogen-bond donors (Lipinski definition) is 3. The number of rotatable bonds is 8. The quantitative estimate of drug-likeness (QED) is 0.178. The summed E-state index contributed by atoms with van der Waals surface area (Å²) in [6.07, 6.45) is 8.22. The predicted octanol–water partition coefficient (Wildman–Crippen LogP) is 4.95. The minimum Gasteiger partial charge on any atom is -0.392 e. The first kappa shape index (κ1) is 43.4. The smallest absolute Gasteiger partial charge is 0.293 e. The number of carbonyl (C=O) groups is 5. The Kier molecular flexibility index (Phi) is 10.2. The number of carbonyl (C=O) groups excluding carboxylic acids is 5. The average molecular weight is 919 g/mol. The summed E-state index contributed by atoms with van der Waals surface area (Å²) in [6, 6.07) is 16.3. The first-order chi connectivity index (χ1) is 32.6. The fraction of sp³-hybridized carbons (Fsp3) is 0.412.